The molecule has 13 heavy (non-hydrogen) atoms. The second kappa shape index (κ2) is 3.32. The Balaban J connectivity index is 2.48. The highest BCUT2D eigenvalue weighted by Gasteiger charge is 2.51. The first-order valence-electron chi connectivity index (χ1n) is 5.13. The molecule has 1 rings (SSSR count). The molecule has 76 valence electrons. The summed E-state index contributed by atoms with van der Waals surface area (Å²) in [5.41, 5.74) is -0.428. The van der Waals surface area contributed by atoms with Crippen LogP contribution in [0.15, 0.2) is 0 Å². The lowest BCUT2D eigenvalue weighted by Gasteiger charge is -2.23. The summed E-state index contributed by atoms with van der Waals surface area (Å²) in [5.74, 6) is 0.0156. The van der Waals surface area contributed by atoms with Crippen molar-refractivity contribution in [2.24, 2.45) is 5.41 Å². The standard InChI is InChI=1S/C11H20O2/c1-5-6-11(7-8-11)9(12)13-10(2,3)4/h5-8H2,1-4H3. The molecule has 1 aliphatic rings. The minimum atomic E-state index is -0.333. The molecule has 0 aromatic carbocycles. The molecule has 1 saturated carbocycles. The van der Waals surface area contributed by atoms with Crippen LogP contribution in [-0.2, 0) is 9.53 Å². The maximum absolute atomic E-state index is 11.7. The van der Waals surface area contributed by atoms with Crippen LogP contribution in [0.25, 0.3) is 0 Å². The van der Waals surface area contributed by atoms with E-state index in [2.05, 4.69) is 6.92 Å². The van der Waals surface area contributed by atoms with Crippen molar-refractivity contribution in [3.8, 4) is 0 Å². The highest BCUT2D eigenvalue weighted by Crippen LogP contribution is 2.51. The highest BCUT2D eigenvalue weighted by atomic mass is 16.6. The van der Waals surface area contributed by atoms with E-state index in [1.54, 1.807) is 0 Å². The van der Waals surface area contributed by atoms with Crippen LogP contribution in [0, 0.1) is 5.41 Å². The molecule has 0 aromatic heterocycles. The van der Waals surface area contributed by atoms with Gasteiger partial charge in [0.15, 0.2) is 0 Å². The van der Waals surface area contributed by atoms with Gasteiger partial charge in [0.05, 0.1) is 5.41 Å². The third kappa shape index (κ3) is 2.71. The van der Waals surface area contributed by atoms with Crippen molar-refractivity contribution in [2.75, 3.05) is 0 Å². The predicted molar refractivity (Wildman–Crippen MR) is 52.4 cm³/mol. The molecule has 0 aromatic rings. The van der Waals surface area contributed by atoms with Crippen LogP contribution < -0.4 is 0 Å². The van der Waals surface area contributed by atoms with E-state index in [1.165, 1.54) is 0 Å². The Bertz CT molecular complexity index is 197. The molecular weight excluding hydrogens is 164 g/mol. The van der Waals surface area contributed by atoms with Gasteiger partial charge in [0, 0.05) is 0 Å². The lowest BCUT2D eigenvalue weighted by atomic mass is 10.0. The number of carbonyl (C=O) groups is 1. The number of carbonyl (C=O) groups excluding carboxylic acids is 1. The molecule has 0 heterocycles. The fourth-order valence-corrected chi connectivity index (χ4v) is 1.57. The van der Waals surface area contributed by atoms with E-state index in [0.717, 1.165) is 25.7 Å². The smallest absolute Gasteiger partial charge is 0.312 e. The number of ether oxygens (including phenoxy) is 1. The van der Waals surface area contributed by atoms with E-state index in [0.29, 0.717) is 0 Å². The monoisotopic (exact) mass is 184 g/mol. The summed E-state index contributed by atoms with van der Waals surface area (Å²) in [4.78, 5) is 11.7. The van der Waals surface area contributed by atoms with Gasteiger partial charge in [-0.25, -0.2) is 0 Å². The van der Waals surface area contributed by atoms with Crippen LogP contribution in [0.1, 0.15) is 53.4 Å². The maximum Gasteiger partial charge on any atom is 0.312 e. The van der Waals surface area contributed by atoms with Crippen LogP contribution in [0.5, 0.6) is 0 Å². The number of hydrogen-bond donors (Lipinski definition) is 0. The van der Waals surface area contributed by atoms with Gasteiger partial charge in [-0.1, -0.05) is 13.3 Å². The molecular formula is C11H20O2. The maximum atomic E-state index is 11.7. The van der Waals surface area contributed by atoms with E-state index in [9.17, 15) is 4.79 Å². The summed E-state index contributed by atoms with van der Waals surface area (Å²) in [7, 11) is 0. The fourth-order valence-electron chi connectivity index (χ4n) is 1.57. The molecule has 1 aliphatic carbocycles. The number of hydrogen-bond acceptors (Lipinski definition) is 2. The van der Waals surface area contributed by atoms with E-state index in [1.807, 2.05) is 20.8 Å². The second-order valence-electron chi connectivity index (χ2n) is 5.03. The van der Waals surface area contributed by atoms with Crippen molar-refractivity contribution in [3.63, 3.8) is 0 Å². The lowest BCUT2D eigenvalue weighted by Crippen LogP contribution is -2.29. The summed E-state index contributed by atoms with van der Waals surface area (Å²) in [6.07, 6.45) is 4.10. The Labute approximate surface area is 80.7 Å². The van der Waals surface area contributed by atoms with Gasteiger partial charge in [0.1, 0.15) is 5.60 Å². The van der Waals surface area contributed by atoms with Crippen LogP contribution >= 0.6 is 0 Å². The van der Waals surface area contributed by atoms with E-state index in [-0.39, 0.29) is 17.0 Å². The first-order valence-corrected chi connectivity index (χ1v) is 5.13. The van der Waals surface area contributed by atoms with Crippen LogP contribution in [0.3, 0.4) is 0 Å². The van der Waals surface area contributed by atoms with Gasteiger partial charge in [0.25, 0.3) is 0 Å². The molecule has 0 atom stereocenters. The zero-order valence-electron chi connectivity index (χ0n) is 9.14. The first kappa shape index (κ1) is 10.6. The van der Waals surface area contributed by atoms with Crippen LogP contribution in [-0.4, -0.2) is 11.6 Å². The first-order chi connectivity index (χ1) is 5.90. The van der Waals surface area contributed by atoms with E-state index in [4.69, 9.17) is 4.74 Å². The molecule has 0 unspecified atom stereocenters. The van der Waals surface area contributed by atoms with Gasteiger partial charge in [-0.3, -0.25) is 4.79 Å². The summed E-state index contributed by atoms with van der Waals surface area (Å²) in [6.45, 7) is 7.89. The molecule has 2 heteroatoms. The Hall–Kier alpha value is -0.530. The summed E-state index contributed by atoms with van der Waals surface area (Å²) in [5, 5.41) is 0. The van der Waals surface area contributed by atoms with Crippen molar-refractivity contribution in [2.45, 2.75) is 59.0 Å². The third-order valence-corrected chi connectivity index (χ3v) is 2.41. The minimum absolute atomic E-state index is 0.0156. The quantitative estimate of drug-likeness (QED) is 0.630. The average molecular weight is 184 g/mol. The van der Waals surface area contributed by atoms with Crippen molar-refractivity contribution in [1.82, 2.24) is 0 Å². The van der Waals surface area contributed by atoms with Gasteiger partial charge in [-0.15, -0.1) is 0 Å². The largest absolute Gasteiger partial charge is 0.460 e. The second-order valence-corrected chi connectivity index (χ2v) is 5.03. The molecule has 2 nitrogen and oxygen atoms in total. The molecule has 0 aliphatic heterocycles. The SMILES string of the molecule is CCCC1(C(=O)OC(C)(C)C)CC1. The minimum Gasteiger partial charge on any atom is -0.460 e. The van der Waals surface area contributed by atoms with Gasteiger partial charge >= 0.3 is 5.97 Å². The van der Waals surface area contributed by atoms with Crippen molar-refractivity contribution >= 4 is 5.97 Å². The third-order valence-electron chi connectivity index (χ3n) is 2.41. The molecule has 0 amide bonds. The van der Waals surface area contributed by atoms with Crippen LogP contribution in [0.2, 0.25) is 0 Å². The van der Waals surface area contributed by atoms with Crippen molar-refractivity contribution in [1.29, 1.82) is 0 Å². The fraction of sp³-hybridized carbons (Fsp3) is 0.909. The Morgan fingerprint density at radius 1 is 1.38 bits per heavy atom. The number of rotatable bonds is 3. The van der Waals surface area contributed by atoms with Crippen molar-refractivity contribution < 1.29 is 9.53 Å². The van der Waals surface area contributed by atoms with Crippen molar-refractivity contribution in [3.05, 3.63) is 0 Å². The molecule has 0 N–H and O–H groups in total. The van der Waals surface area contributed by atoms with Gasteiger partial charge in [-0.05, 0) is 40.0 Å². The molecule has 0 bridgehead atoms. The Morgan fingerprint density at radius 2 is 1.92 bits per heavy atom. The normalized spacial score (nSPS) is 19.7. The number of esters is 1. The Kier molecular flexibility index (Phi) is 2.69. The highest BCUT2D eigenvalue weighted by molar-refractivity contribution is 5.80. The molecule has 0 radical (unpaired) electrons. The molecule has 0 saturated heterocycles. The van der Waals surface area contributed by atoms with E-state index >= 15 is 0 Å². The molecule has 1 fully saturated rings. The summed E-state index contributed by atoms with van der Waals surface area (Å²) < 4.78 is 5.38. The zero-order chi connectivity index (χ0) is 10.1. The Morgan fingerprint density at radius 3 is 2.23 bits per heavy atom. The summed E-state index contributed by atoms with van der Waals surface area (Å²) >= 11 is 0. The lowest BCUT2D eigenvalue weighted by molar-refractivity contribution is -0.162. The van der Waals surface area contributed by atoms with Gasteiger partial charge in [-0.2, -0.15) is 0 Å². The predicted octanol–water partition coefficient (Wildman–Crippen LogP) is 2.91. The zero-order valence-corrected chi connectivity index (χ0v) is 9.14. The topological polar surface area (TPSA) is 26.3 Å². The summed E-state index contributed by atoms with van der Waals surface area (Å²) in [6, 6.07) is 0. The van der Waals surface area contributed by atoms with Crippen LogP contribution in [0.4, 0.5) is 0 Å². The average Bonchev–Trinajstić information content (AvgIpc) is 2.66. The van der Waals surface area contributed by atoms with Gasteiger partial charge in [0.2, 0.25) is 0 Å². The van der Waals surface area contributed by atoms with E-state index < -0.39 is 0 Å². The van der Waals surface area contributed by atoms with Gasteiger partial charge < -0.3 is 4.74 Å². The molecule has 0 spiro atoms.